The van der Waals surface area contributed by atoms with Crippen molar-refractivity contribution in [2.45, 2.75) is 18.8 Å². The highest BCUT2D eigenvalue weighted by atomic mass is 19.1. The maximum absolute atomic E-state index is 13.5. The monoisotopic (exact) mass is 290 g/mol. The zero-order chi connectivity index (χ0) is 14.8. The Morgan fingerprint density at radius 3 is 3.00 bits per heavy atom. The van der Waals surface area contributed by atoms with Crippen LogP contribution in [-0.4, -0.2) is 28.2 Å². The molecule has 0 aliphatic carbocycles. The van der Waals surface area contributed by atoms with Gasteiger partial charge in [0.05, 0.1) is 4.92 Å². The van der Waals surface area contributed by atoms with E-state index in [0.717, 1.165) is 24.6 Å². The second-order valence-electron chi connectivity index (χ2n) is 5.19. The zero-order valence-corrected chi connectivity index (χ0v) is 11.3. The van der Waals surface area contributed by atoms with Crippen LogP contribution in [-0.2, 0) is 0 Å². The van der Waals surface area contributed by atoms with Gasteiger partial charge in [0.1, 0.15) is 11.5 Å². The van der Waals surface area contributed by atoms with Crippen LogP contribution < -0.4 is 4.90 Å². The van der Waals surface area contributed by atoms with Crippen molar-refractivity contribution in [1.82, 2.24) is 10.2 Å². The summed E-state index contributed by atoms with van der Waals surface area (Å²) in [6, 6.07) is 5.50. The van der Waals surface area contributed by atoms with Crippen molar-refractivity contribution in [3.05, 3.63) is 52.1 Å². The van der Waals surface area contributed by atoms with Gasteiger partial charge in [-0.1, -0.05) is 0 Å². The number of hydrogen-bond acceptors (Lipinski definition) is 4. The standard InChI is InChI=1S/C14H15FN4O2/c15-11-3-4-13(19(20)21)14(8-11)18-7-1-2-10(9-18)12-5-6-16-17-12/h3-6,8,10H,1-2,7,9H2,(H,16,17). The van der Waals surface area contributed by atoms with E-state index >= 15 is 0 Å². The molecule has 1 N–H and O–H groups in total. The van der Waals surface area contributed by atoms with E-state index in [9.17, 15) is 14.5 Å². The molecule has 1 aromatic carbocycles. The minimum Gasteiger partial charge on any atom is -0.365 e. The highest BCUT2D eigenvalue weighted by Crippen LogP contribution is 2.34. The summed E-state index contributed by atoms with van der Waals surface area (Å²) >= 11 is 0. The van der Waals surface area contributed by atoms with Gasteiger partial charge in [-0.05, 0) is 25.0 Å². The number of benzene rings is 1. The molecular weight excluding hydrogens is 275 g/mol. The normalized spacial score (nSPS) is 18.7. The third-order valence-electron chi connectivity index (χ3n) is 3.86. The molecular formula is C14H15FN4O2. The Bertz CT molecular complexity index is 644. The Balaban J connectivity index is 1.89. The smallest absolute Gasteiger partial charge is 0.292 e. The summed E-state index contributed by atoms with van der Waals surface area (Å²) in [5.74, 6) is -0.233. The van der Waals surface area contributed by atoms with Gasteiger partial charge in [-0.3, -0.25) is 15.2 Å². The molecule has 0 saturated carbocycles. The van der Waals surface area contributed by atoms with Gasteiger partial charge >= 0.3 is 0 Å². The molecule has 0 radical (unpaired) electrons. The Kier molecular flexibility index (Phi) is 3.55. The lowest BCUT2D eigenvalue weighted by Crippen LogP contribution is -2.35. The van der Waals surface area contributed by atoms with E-state index in [-0.39, 0.29) is 11.6 Å². The maximum atomic E-state index is 13.5. The number of anilines is 1. The van der Waals surface area contributed by atoms with Crippen LogP contribution in [0, 0.1) is 15.9 Å². The zero-order valence-electron chi connectivity index (χ0n) is 11.3. The van der Waals surface area contributed by atoms with Crippen LogP contribution in [0.1, 0.15) is 24.5 Å². The van der Waals surface area contributed by atoms with Crippen LogP contribution in [0.4, 0.5) is 15.8 Å². The Labute approximate surface area is 120 Å². The third kappa shape index (κ3) is 2.72. The third-order valence-corrected chi connectivity index (χ3v) is 3.86. The number of H-pyrrole nitrogens is 1. The molecule has 0 bridgehead atoms. The number of nitrogens with zero attached hydrogens (tertiary/aromatic N) is 3. The van der Waals surface area contributed by atoms with Crippen LogP contribution in [0.5, 0.6) is 0 Å². The largest absolute Gasteiger partial charge is 0.365 e. The first kappa shape index (κ1) is 13.5. The molecule has 1 aliphatic rings. The molecule has 21 heavy (non-hydrogen) atoms. The van der Waals surface area contributed by atoms with Gasteiger partial charge in [-0.2, -0.15) is 5.10 Å². The summed E-state index contributed by atoms with van der Waals surface area (Å²) in [4.78, 5) is 12.5. The van der Waals surface area contributed by atoms with E-state index in [1.54, 1.807) is 6.20 Å². The average Bonchev–Trinajstić information content (AvgIpc) is 3.01. The molecule has 1 fully saturated rings. The van der Waals surface area contributed by atoms with Crippen molar-refractivity contribution in [2.24, 2.45) is 0 Å². The molecule has 0 spiro atoms. The summed E-state index contributed by atoms with van der Waals surface area (Å²) in [6.45, 7) is 1.31. The van der Waals surface area contributed by atoms with Crippen molar-refractivity contribution < 1.29 is 9.31 Å². The summed E-state index contributed by atoms with van der Waals surface area (Å²) in [5.41, 5.74) is 1.31. The lowest BCUT2D eigenvalue weighted by atomic mass is 9.94. The summed E-state index contributed by atoms with van der Waals surface area (Å²) in [7, 11) is 0. The van der Waals surface area contributed by atoms with Gasteiger partial charge in [0.2, 0.25) is 0 Å². The minimum atomic E-state index is -0.464. The first-order valence-electron chi connectivity index (χ1n) is 6.83. The van der Waals surface area contributed by atoms with Crippen molar-refractivity contribution >= 4 is 11.4 Å². The summed E-state index contributed by atoms with van der Waals surface area (Å²) in [6.07, 6.45) is 3.58. The molecule has 7 heteroatoms. The molecule has 1 saturated heterocycles. The number of nitrogens with one attached hydrogen (secondary N) is 1. The van der Waals surface area contributed by atoms with E-state index in [1.807, 2.05) is 11.0 Å². The van der Waals surface area contributed by atoms with Gasteiger partial charge in [0.25, 0.3) is 5.69 Å². The van der Waals surface area contributed by atoms with E-state index in [1.165, 1.54) is 12.1 Å². The van der Waals surface area contributed by atoms with Gasteiger partial charge in [0, 0.05) is 43.0 Å². The number of aromatic amines is 1. The molecule has 6 nitrogen and oxygen atoms in total. The number of nitro groups is 1. The quantitative estimate of drug-likeness (QED) is 0.696. The maximum Gasteiger partial charge on any atom is 0.292 e. The van der Waals surface area contributed by atoms with E-state index in [2.05, 4.69) is 10.2 Å². The van der Waals surface area contributed by atoms with Crippen LogP contribution in [0.2, 0.25) is 0 Å². The van der Waals surface area contributed by atoms with Crippen molar-refractivity contribution in [3.63, 3.8) is 0 Å². The minimum absolute atomic E-state index is 0.0540. The fraction of sp³-hybridized carbons (Fsp3) is 0.357. The molecule has 1 aliphatic heterocycles. The Morgan fingerprint density at radius 2 is 2.29 bits per heavy atom. The van der Waals surface area contributed by atoms with Crippen molar-refractivity contribution in [3.8, 4) is 0 Å². The first-order chi connectivity index (χ1) is 10.1. The molecule has 1 aromatic heterocycles. The van der Waals surface area contributed by atoms with Gasteiger partial charge < -0.3 is 4.90 Å². The fourth-order valence-corrected chi connectivity index (χ4v) is 2.85. The predicted octanol–water partition coefficient (Wildman–Crippen LogP) is 2.84. The lowest BCUT2D eigenvalue weighted by Gasteiger charge is -2.33. The van der Waals surface area contributed by atoms with Crippen molar-refractivity contribution in [1.29, 1.82) is 0 Å². The predicted molar refractivity (Wildman–Crippen MR) is 75.8 cm³/mol. The number of nitro benzene ring substituents is 1. The van der Waals surface area contributed by atoms with Gasteiger partial charge in [-0.25, -0.2) is 4.39 Å². The SMILES string of the molecule is O=[N+]([O-])c1ccc(F)cc1N1CCCC(c2ccn[nH]2)C1. The molecule has 2 heterocycles. The van der Waals surface area contributed by atoms with E-state index in [0.29, 0.717) is 18.8 Å². The second kappa shape index (κ2) is 5.51. The highest BCUT2D eigenvalue weighted by molar-refractivity contribution is 5.63. The number of aromatic nitrogens is 2. The molecule has 0 amide bonds. The molecule has 1 unspecified atom stereocenters. The lowest BCUT2D eigenvalue weighted by molar-refractivity contribution is -0.384. The van der Waals surface area contributed by atoms with Crippen molar-refractivity contribution in [2.75, 3.05) is 18.0 Å². The Morgan fingerprint density at radius 1 is 1.43 bits per heavy atom. The van der Waals surface area contributed by atoms with Crippen LogP contribution in [0.25, 0.3) is 0 Å². The number of rotatable bonds is 3. The van der Waals surface area contributed by atoms with Crippen LogP contribution >= 0.6 is 0 Å². The van der Waals surface area contributed by atoms with Crippen LogP contribution in [0.3, 0.4) is 0 Å². The highest BCUT2D eigenvalue weighted by Gasteiger charge is 2.27. The Hall–Kier alpha value is -2.44. The number of hydrogen-bond donors (Lipinski definition) is 1. The van der Waals surface area contributed by atoms with E-state index < -0.39 is 10.7 Å². The fourth-order valence-electron chi connectivity index (χ4n) is 2.85. The first-order valence-corrected chi connectivity index (χ1v) is 6.83. The molecule has 2 aromatic rings. The second-order valence-corrected chi connectivity index (χ2v) is 5.19. The average molecular weight is 290 g/mol. The van der Waals surface area contributed by atoms with Gasteiger partial charge in [0.15, 0.2) is 0 Å². The summed E-state index contributed by atoms with van der Waals surface area (Å²) in [5, 5.41) is 18.0. The molecule has 1 atom stereocenters. The molecule has 3 rings (SSSR count). The topological polar surface area (TPSA) is 75.1 Å². The summed E-state index contributed by atoms with van der Waals surface area (Å²) < 4.78 is 13.5. The van der Waals surface area contributed by atoms with E-state index in [4.69, 9.17) is 0 Å². The van der Waals surface area contributed by atoms with Gasteiger partial charge in [-0.15, -0.1) is 0 Å². The van der Waals surface area contributed by atoms with Crippen LogP contribution in [0.15, 0.2) is 30.5 Å². The number of halogens is 1. The molecule has 110 valence electrons. The number of piperidine rings is 1.